The van der Waals surface area contributed by atoms with Crippen LogP contribution in [-0.2, 0) is 4.79 Å². The van der Waals surface area contributed by atoms with Gasteiger partial charge in [-0.3, -0.25) is 4.79 Å². The first kappa shape index (κ1) is 15.4. The van der Waals surface area contributed by atoms with Crippen molar-refractivity contribution >= 4 is 17.7 Å². The molecule has 21 heavy (non-hydrogen) atoms. The third-order valence-corrected chi connectivity index (χ3v) is 3.95. The Hall–Kier alpha value is -2.04. The Kier molecular flexibility index (Phi) is 4.83. The van der Waals surface area contributed by atoms with Gasteiger partial charge in [-0.05, 0) is 37.5 Å². The molecule has 1 aliphatic carbocycles. The fourth-order valence-corrected chi connectivity index (χ4v) is 2.99. The number of aliphatic carboxylic acids is 1. The third-order valence-electron chi connectivity index (χ3n) is 3.95. The van der Waals surface area contributed by atoms with Gasteiger partial charge in [-0.2, -0.15) is 0 Å². The summed E-state index contributed by atoms with van der Waals surface area (Å²) in [4.78, 5) is 23.2. The molecular formula is C16H22N2O3. The molecule has 1 fully saturated rings. The molecular weight excluding hydrogens is 268 g/mol. The highest BCUT2D eigenvalue weighted by Crippen LogP contribution is 2.31. The number of carboxylic acid groups (broad SMARTS) is 1. The number of urea groups is 1. The Labute approximate surface area is 124 Å². The number of hydrogen-bond acceptors (Lipinski definition) is 2. The molecule has 2 amide bonds. The summed E-state index contributed by atoms with van der Waals surface area (Å²) in [6.45, 7) is 1.95. The molecule has 5 heteroatoms. The van der Waals surface area contributed by atoms with E-state index in [9.17, 15) is 9.59 Å². The zero-order valence-electron chi connectivity index (χ0n) is 12.3. The van der Waals surface area contributed by atoms with Gasteiger partial charge in [0.2, 0.25) is 0 Å². The summed E-state index contributed by atoms with van der Waals surface area (Å²) in [5.41, 5.74) is 1.16. The van der Waals surface area contributed by atoms with E-state index in [4.69, 9.17) is 5.11 Å². The van der Waals surface area contributed by atoms with Crippen molar-refractivity contribution < 1.29 is 14.7 Å². The van der Waals surface area contributed by atoms with Crippen LogP contribution in [0.15, 0.2) is 24.3 Å². The van der Waals surface area contributed by atoms with Crippen LogP contribution in [0, 0.1) is 6.92 Å². The van der Waals surface area contributed by atoms with Crippen LogP contribution in [0.2, 0.25) is 0 Å². The van der Waals surface area contributed by atoms with Crippen LogP contribution < -0.4 is 10.6 Å². The molecule has 0 radical (unpaired) electrons. The van der Waals surface area contributed by atoms with E-state index in [1.807, 2.05) is 31.2 Å². The highest BCUT2D eigenvalue weighted by Gasteiger charge is 2.35. The van der Waals surface area contributed by atoms with E-state index in [1.54, 1.807) is 0 Å². The van der Waals surface area contributed by atoms with Crippen LogP contribution in [0.5, 0.6) is 0 Å². The molecule has 3 N–H and O–H groups in total. The smallest absolute Gasteiger partial charge is 0.319 e. The van der Waals surface area contributed by atoms with E-state index in [-0.39, 0.29) is 12.5 Å². The van der Waals surface area contributed by atoms with E-state index >= 15 is 0 Å². The number of amides is 2. The molecule has 0 unspecified atom stereocenters. The molecule has 0 aliphatic heterocycles. The lowest BCUT2D eigenvalue weighted by molar-refractivity contribution is -0.138. The van der Waals surface area contributed by atoms with E-state index in [0.29, 0.717) is 5.69 Å². The van der Waals surface area contributed by atoms with Gasteiger partial charge in [-0.1, -0.05) is 31.4 Å². The first-order chi connectivity index (χ1) is 9.99. The van der Waals surface area contributed by atoms with Crippen molar-refractivity contribution in [1.29, 1.82) is 0 Å². The second-order valence-corrected chi connectivity index (χ2v) is 5.86. The predicted octanol–water partition coefficient (Wildman–Crippen LogP) is 3.29. The first-order valence-electron chi connectivity index (χ1n) is 7.37. The molecule has 0 heterocycles. The molecule has 2 rings (SSSR count). The normalized spacial score (nSPS) is 17.0. The topological polar surface area (TPSA) is 78.4 Å². The Morgan fingerprint density at radius 3 is 2.57 bits per heavy atom. The lowest BCUT2D eigenvalue weighted by Crippen LogP contribution is -2.52. The van der Waals surface area contributed by atoms with Gasteiger partial charge in [0.05, 0.1) is 12.0 Å². The minimum atomic E-state index is -0.868. The average Bonchev–Trinajstić information content (AvgIpc) is 2.38. The number of anilines is 1. The maximum Gasteiger partial charge on any atom is 0.319 e. The standard InChI is InChI=1S/C16H22N2O3/c1-12-6-5-7-13(10-12)17-15(21)18-16(11-14(19)20)8-3-2-4-9-16/h5-7,10H,2-4,8-9,11H2,1H3,(H,19,20)(H2,17,18,21). The quantitative estimate of drug-likeness (QED) is 0.796. The van der Waals surface area contributed by atoms with Crippen LogP contribution in [0.4, 0.5) is 10.5 Å². The van der Waals surface area contributed by atoms with Crippen LogP contribution in [0.3, 0.4) is 0 Å². The number of benzene rings is 1. The number of rotatable bonds is 4. The molecule has 0 saturated heterocycles. The minimum absolute atomic E-state index is 0.0196. The van der Waals surface area contributed by atoms with Crippen LogP contribution in [0.25, 0.3) is 0 Å². The van der Waals surface area contributed by atoms with Crippen molar-refractivity contribution in [3.63, 3.8) is 0 Å². The molecule has 1 saturated carbocycles. The van der Waals surface area contributed by atoms with Gasteiger partial charge >= 0.3 is 12.0 Å². The van der Waals surface area contributed by atoms with Crippen molar-refractivity contribution in [2.24, 2.45) is 0 Å². The molecule has 114 valence electrons. The Bertz CT molecular complexity index is 522. The molecule has 1 aromatic carbocycles. The Balaban J connectivity index is 2.02. The van der Waals surface area contributed by atoms with Crippen molar-refractivity contribution in [2.75, 3.05) is 5.32 Å². The van der Waals surface area contributed by atoms with Crippen molar-refractivity contribution in [3.05, 3.63) is 29.8 Å². The van der Waals surface area contributed by atoms with Crippen LogP contribution in [0.1, 0.15) is 44.1 Å². The van der Waals surface area contributed by atoms with Gasteiger partial charge in [-0.15, -0.1) is 0 Å². The van der Waals surface area contributed by atoms with E-state index in [0.717, 1.165) is 37.7 Å². The Morgan fingerprint density at radius 1 is 1.24 bits per heavy atom. The molecule has 5 nitrogen and oxygen atoms in total. The third kappa shape index (κ3) is 4.48. The van der Waals surface area contributed by atoms with E-state index in [1.165, 1.54) is 0 Å². The summed E-state index contributed by atoms with van der Waals surface area (Å²) in [7, 11) is 0. The van der Waals surface area contributed by atoms with E-state index in [2.05, 4.69) is 10.6 Å². The lowest BCUT2D eigenvalue weighted by atomic mass is 9.79. The number of aryl methyl sites for hydroxylation is 1. The SMILES string of the molecule is Cc1cccc(NC(=O)NC2(CC(=O)O)CCCCC2)c1. The summed E-state index contributed by atoms with van der Waals surface area (Å²) in [5, 5.41) is 14.8. The van der Waals surface area contributed by atoms with Gasteiger partial charge in [0.25, 0.3) is 0 Å². The molecule has 1 aromatic rings. The van der Waals surface area contributed by atoms with Crippen LogP contribution >= 0.6 is 0 Å². The van der Waals surface area contributed by atoms with Crippen molar-refractivity contribution in [2.45, 2.75) is 51.0 Å². The Morgan fingerprint density at radius 2 is 1.95 bits per heavy atom. The fraction of sp³-hybridized carbons (Fsp3) is 0.500. The van der Waals surface area contributed by atoms with Gasteiger partial charge in [-0.25, -0.2) is 4.79 Å². The summed E-state index contributed by atoms with van der Waals surface area (Å²) >= 11 is 0. The summed E-state index contributed by atoms with van der Waals surface area (Å²) in [5.74, 6) is -0.868. The first-order valence-corrected chi connectivity index (χ1v) is 7.37. The molecule has 0 atom stereocenters. The number of hydrogen-bond donors (Lipinski definition) is 3. The number of carboxylic acids is 1. The van der Waals surface area contributed by atoms with E-state index < -0.39 is 11.5 Å². The molecule has 0 bridgehead atoms. The number of carbonyl (C=O) groups excluding carboxylic acids is 1. The molecule has 0 aromatic heterocycles. The maximum atomic E-state index is 12.2. The van der Waals surface area contributed by atoms with Crippen LogP contribution in [-0.4, -0.2) is 22.6 Å². The van der Waals surface area contributed by atoms with Gasteiger partial charge in [0, 0.05) is 5.69 Å². The average molecular weight is 290 g/mol. The van der Waals surface area contributed by atoms with Crippen molar-refractivity contribution in [1.82, 2.24) is 5.32 Å². The molecule has 1 aliphatic rings. The largest absolute Gasteiger partial charge is 0.481 e. The second kappa shape index (κ2) is 6.61. The predicted molar refractivity (Wildman–Crippen MR) is 81.4 cm³/mol. The van der Waals surface area contributed by atoms with Gasteiger partial charge in [0.15, 0.2) is 0 Å². The van der Waals surface area contributed by atoms with Gasteiger partial charge in [0.1, 0.15) is 0 Å². The second-order valence-electron chi connectivity index (χ2n) is 5.86. The highest BCUT2D eigenvalue weighted by molar-refractivity contribution is 5.90. The minimum Gasteiger partial charge on any atom is -0.481 e. The molecule has 0 spiro atoms. The van der Waals surface area contributed by atoms with Gasteiger partial charge < -0.3 is 15.7 Å². The summed E-state index contributed by atoms with van der Waals surface area (Å²) < 4.78 is 0. The highest BCUT2D eigenvalue weighted by atomic mass is 16.4. The maximum absolute atomic E-state index is 12.2. The zero-order chi connectivity index (χ0) is 15.3. The zero-order valence-corrected chi connectivity index (χ0v) is 12.3. The monoisotopic (exact) mass is 290 g/mol. The van der Waals surface area contributed by atoms with Crippen molar-refractivity contribution in [3.8, 4) is 0 Å². The summed E-state index contributed by atoms with van der Waals surface area (Å²) in [6.07, 6.45) is 4.44. The fourth-order valence-electron chi connectivity index (χ4n) is 2.99. The lowest BCUT2D eigenvalue weighted by Gasteiger charge is -2.36. The summed E-state index contributed by atoms with van der Waals surface area (Å²) in [6, 6.07) is 7.19. The number of carbonyl (C=O) groups is 2. The number of nitrogens with one attached hydrogen (secondary N) is 2.